The van der Waals surface area contributed by atoms with Crippen LogP contribution in [0.25, 0.3) is 5.69 Å². The monoisotopic (exact) mass is 350 g/mol. The van der Waals surface area contributed by atoms with E-state index in [9.17, 15) is 4.79 Å². The van der Waals surface area contributed by atoms with E-state index < -0.39 is 0 Å². The molecule has 2 saturated heterocycles. The maximum Gasteiger partial charge on any atom is 0.274 e. The van der Waals surface area contributed by atoms with Gasteiger partial charge in [0.25, 0.3) is 5.91 Å². The van der Waals surface area contributed by atoms with Crippen LogP contribution >= 0.6 is 0 Å². The molecule has 0 unspecified atom stereocenters. The lowest BCUT2D eigenvalue weighted by molar-refractivity contribution is 0.0600. The number of carbonyl (C=O) groups excluding carboxylic acids is 1. The number of benzene rings is 1. The first-order valence-corrected chi connectivity index (χ1v) is 9.92. The molecule has 5 nitrogen and oxygen atoms in total. The molecule has 3 aliphatic rings. The van der Waals surface area contributed by atoms with Crippen LogP contribution in [0.15, 0.2) is 30.3 Å². The van der Waals surface area contributed by atoms with Crippen LogP contribution in [0.5, 0.6) is 0 Å². The van der Waals surface area contributed by atoms with E-state index in [1.807, 2.05) is 27.8 Å². The maximum atomic E-state index is 13.2. The summed E-state index contributed by atoms with van der Waals surface area (Å²) in [4.78, 5) is 15.3. The van der Waals surface area contributed by atoms with Gasteiger partial charge < -0.3 is 10.2 Å². The van der Waals surface area contributed by atoms with Crippen LogP contribution in [0.2, 0.25) is 0 Å². The number of amides is 1. The number of aromatic nitrogens is 2. The number of nitrogens with one attached hydrogen (secondary N) is 1. The highest BCUT2D eigenvalue weighted by Crippen LogP contribution is 2.37. The highest BCUT2D eigenvalue weighted by Gasteiger charge is 2.39. The number of fused-ring (bicyclic) bond motifs is 1. The van der Waals surface area contributed by atoms with Crippen molar-refractivity contribution in [1.82, 2.24) is 20.0 Å². The van der Waals surface area contributed by atoms with E-state index >= 15 is 0 Å². The molecule has 0 bridgehead atoms. The van der Waals surface area contributed by atoms with Gasteiger partial charge in [-0.3, -0.25) is 4.79 Å². The smallest absolute Gasteiger partial charge is 0.274 e. The maximum absolute atomic E-state index is 13.2. The van der Waals surface area contributed by atoms with Gasteiger partial charge >= 0.3 is 0 Å². The molecule has 1 amide bonds. The molecule has 0 saturated carbocycles. The van der Waals surface area contributed by atoms with Crippen molar-refractivity contribution < 1.29 is 4.79 Å². The van der Waals surface area contributed by atoms with Gasteiger partial charge in [-0.15, -0.1) is 0 Å². The van der Waals surface area contributed by atoms with Gasteiger partial charge in [-0.2, -0.15) is 5.10 Å². The molecule has 5 heteroatoms. The van der Waals surface area contributed by atoms with Crippen LogP contribution in [0, 0.1) is 5.41 Å². The predicted octanol–water partition coefficient (Wildman–Crippen LogP) is 2.58. The zero-order valence-electron chi connectivity index (χ0n) is 15.2. The first-order valence-electron chi connectivity index (χ1n) is 9.92. The predicted molar refractivity (Wildman–Crippen MR) is 101 cm³/mol. The van der Waals surface area contributed by atoms with E-state index in [-0.39, 0.29) is 5.91 Å². The Labute approximate surface area is 154 Å². The highest BCUT2D eigenvalue weighted by atomic mass is 16.2. The van der Waals surface area contributed by atoms with Gasteiger partial charge in [0.15, 0.2) is 5.69 Å². The topological polar surface area (TPSA) is 50.2 Å². The minimum atomic E-state index is 0.138. The normalized spacial score (nSPS) is 21.3. The third-order valence-corrected chi connectivity index (χ3v) is 6.58. The fraction of sp³-hybridized carbons (Fsp3) is 0.524. The van der Waals surface area contributed by atoms with Gasteiger partial charge in [-0.25, -0.2) is 4.68 Å². The highest BCUT2D eigenvalue weighted by molar-refractivity contribution is 5.94. The van der Waals surface area contributed by atoms with Gasteiger partial charge in [0.2, 0.25) is 0 Å². The second kappa shape index (κ2) is 6.23. The molecule has 1 N–H and O–H groups in total. The van der Waals surface area contributed by atoms with Crippen LogP contribution in [-0.2, 0) is 12.8 Å². The standard InChI is InChI=1S/C21H26N4O/c26-20(24-13-10-21(11-14-24)9-12-22-15-21)19-17-7-4-8-18(17)25(23-19)16-5-2-1-3-6-16/h1-3,5-6,22H,4,7-15H2. The average molecular weight is 350 g/mol. The summed E-state index contributed by atoms with van der Waals surface area (Å²) in [5.74, 6) is 0.138. The van der Waals surface area contributed by atoms with Crippen molar-refractivity contribution in [1.29, 1.82) is 0 Å². The van der Waals surface area contributed by atoms with E-state index in [4.69, 9.17) is 5.10 Å². The molecule has 0 radical (unpaired) electrons. The van der Waals surface area contributed by atoms with Crippen LogP contribution in [-0.4, -0.2) is 46.8 Å². The first-order chi connectivity index (χ1) is 12.8. The van der Waals surface area contributed by atoms with Crippen LogP contribution < -0.4 is 5.32 Å². The van der Waals surface area contributed by atoms with Crippen molar-refractivity contribution in [2.45, 2.75) is 38.5 Å². The van der Waals surface area contributed by atoms with Crippen LogP contribution in [0.3, 0.4) is 0 Å². The second-order valence-electron chi connectivity index (χ2n) is 8.09. The lowest BCUT2D eigenvalue weighted by atomic mass is 9.78. The Hall–Kier alpha value is -2.14. The Morgan fingerprint density at radius 3 is 2.62 bits per heavy atom. The van der Waals surface area contributed by atoms with Gasteiger partial charge in [-0.1, -0.05) is 18.2 Å². The molecule has 5 rings (SSSR count). The average Bonchev–Trinajstić information content (AvgIpc) is 3.40. The molecule has 1 aliphatic carbocycles. The lowest BCUT2D eigenvalue weighted by Gasteiger charge is -2.38. The molecule has 1 aromatic heterocycles. The molecule has 1 spiro atoms. The van der Waals surface area contributed by atoms with E-state index in [0.29, 0.717) is 11.1 Å². The van der Waals surface area contributed by atoms with Gasteiger partial charge in [0, 0.05) is 30.9 Å². The summed E-state index contributed by atoms with van der Waals surface area (Å²) in [5.41, 5.74) is 4.60. The summed E-state index contributed by atoms with van der Waals surface area (Å²) in [6.45, 7) is 3.98. The third kappa shape index (κ3) is 2.57. The molecule has 2 aliphatic heterocycles. The molecule has 26 heavy (non-hydrogen) atoms. The molecule has 0 atom stereocenters. The quantitative estimate of drug-likeness (QED) is 0.906. The van der Waals surface area contributed by atoms with E-state index in [1.165, 1.54) is 17.7 Å². The summed E-state index contributed by atoms with van der Waals surface area (Å²) in [6, 6.07) is 10.2. The minimum absolute atomic E-state index is 0.138. The summed E-state index contributed by atoms with van der Waals surface area (Å²) in [6.07, 6.45) is 6.60. The van der Waals surface area contributed by atoms with Crippen molar-refractivity contribution in [2.75, 3.05) is 26.2 Å². The molecule has 136 valence electrons. The van der Waals surface area contributed by atoms with Gasteiger partial charge in [0.05, 0.1) is 5.69 Å². The minimum Gasteiger partial charge on any atom is -0.337 e. The summed E-state index contributed by atoms with van der Waals surface area (Å²) in [7, 11) is 0. The number of hydrogen-bond acceptors (Lipinski definition) is 3. The third-order valence-electron chi connectivity index (χ3n) is 6.58. The Morgan fingerprint density at radius 1 is 1.08 bits per heavy atom. The first kappa shape index (κ1) is 16.1. The summed E-state index contributed by atoms with van der Waals surface area (Å²) < 4.78 is 2.00. The number of nitrogens with zero attached hydrogens (tertiary/aromatic N) is 3. The number of rotatable bonds is 2. The zero-order chi connectivity index (χ0) is 17.6. The largest absolute Gasteiger partial charge is 0.337 e. The Morgan fingerprint density at radius 2 is 1.88 bits per heavy atom. The molecule has 2 fully saturated rings. The van der Waals surface area contributed by atoms with E-state index in [1.54, 1.807) is 0 Å². The Kier molecular flexibility index (Phi) is 3.85. The molecule has 1 aromatic carbocycles. The van der Waals surface area contributed by atoms with Crippen molar-refractivity contribution in [3.63, 3.8) is 0 Å². The van der Waals surface area contributed by atoms with Gasteiger partial charge in [-0.05, 0) is 62.6 Å². The molecule has 2 aromatic rings. The number of likely N-dealkylation sites (tertiary alicyclic amines) is 1. The number of carbonyl (C=O) groups is 1. The second-order valence-corrected chi connectivity index (χ2v) is 8.09. The van der Waals surface area contributed by atoms with Gasteiger partial charge in [0.1, 0.15) is 0 Å². The summed E-state index contributed by atoms with van der Waals surface area (Å²) in [5, 5.41) is 8.27. The Balaban J connectivity index is 1.41. The zero-order valence-corrected chi connectivity index (χ0v) is 15.2. The van der Waals surface area contributed by atoms with E-state index in [2.05, 4.69) is 17.4 Å². The Bertz CT molecular complexity index is 810. The fourth-order valence-corrected chi connectivity index (χ4v) is 4.95. The van der Waals surface area contributed by atoms with E-state index in [0.717, 1.165) is 64.0 Å². The number of piperidine rings is 1. The van der Waals surface area contributed by atoms with Crippen molar-refractivity contribution >= 4 is 5.91 Å². The lowest BCUT2D eigenvalue weighted by Crippen LogP contribution is -2.44. The van der Waals surface area contributed by atoms with Crippen LogP contribution in [0.4, 0.5) is 0 Å². The van der Waals surface area contributed by atoms with Crippen molar-refractivity contribution in [3.8, 4) is 5.69 Å². The molecular weight excluding hydrogens is 324 g/mol. The number of hydrogen-bond donors (Lipinski definition) is 1. The number of para-hydroxylation sites is 1. The van der Waals surface area contributed by atoms with Crippen molar-refractivity contribution in [2.24, 2.45) is 5.41 Å². The summed E-state index contributed by atoms with van der Waals surface area (Å²) >= 11 is 0. The SMILES string of the molecule is O=C(c1nn(-c2ccccc2)c2c1CCC2)N1CCC2(CCNC2)CC1. The molecular formula is C21H26N4O. The van der Waals surface area contributed by atoms with Crippen LogP contribution in [0.1, 0.15) is 47.4 Å². The van der Waals surface area contributed by atoms with Crippen molar-refractivity contribution in [3.05, 3.63) is 47.3 Å². The molecule has 3 heterocycles. The fourth-order valence-electron chi connectivity index (χ4n) is 4.95.